The second-order valence-electron chi connectivity index (χ2n) is 4.91. The topological polar surface area (TPSA) is 27.6 Å². The van der Waals surface area contributed by atoms with E-state index < -0.39 is 0 Å². The highest BCUT2D eigenvalue weighted by Gasteiger charge is 2.24. The van der Waals surface area contributed by atoms with E-state index in [4.69, 9.17) is 35.4 Å². The molecule has 0 amide bonds. The van der Waals surface area contributed by atoms with Crippen molar-refractivity contribution in [3.05, 3.63) is 58.3 Å². The van der Waals surface area contributed by atoms with Gasteiger partial charge in [-0.15, -0.1) is 0 Å². The molecule has 0 aromatic heterocycles. The minimum atomic E-state index is -0.324. The van der Waals surface area contributed by atoms with Gasteiger partial charge in [0.2, 0.25) is 0 Å². The van der Waals surface area contributed by atoms with E-state index >= 15 is 0 Å². The monoisotopic (exact) mass is 399 g/mol. The van der Waals surface area contributed by atoms with E-state index in [1.807, 2.05) is 4.90 Å². The number of anilines is 1. The Bertz CT molecular complexity index is 793. The van der Waals surface area contributed by atoms with Crippen LogP contribution in [0.3, 0.4) is 0 Å². The molecular weight excluding hydrogens is 388 g/mol. The van der Waals surface area contributed by atoms with Crippen molar-refractivity contribution in [2.45, 2.75) is 0 Å². The van der Waals surface area contributed by atoms with Gasteiger partial charge in [-0.2, -0.15) is 0 Å². The zero-order valence-corrected chi connectivity index (χ0v) is 15.4. The van der Waals surface area contributed by atoms with Crippen LogP contribution in [0.15, 0.2) is 47.5 Å². The van der Waals surface area contributed by atoms with Gasteiger partial charge in [0.05, 0.1) is 10.0 Å². The predicted octanol–water partition coefficient (Wildman–Crippen LogP) is 5.57. The molecule has 0 radical (unpaired) electrons. The lowest BCUT2D eigenvalue weighted by Gasteiger charge is -2.20. The molecule has 1 aliphatic heterocycles. The van der Waals surface area contributed by atoms with Crippen LogP contribution in [0.25, 0.3) is 0 Å². The maximum Gasteiger partial charge on any atom is 0.179 e. The molecule has 124 valence electrons. The molecule has 0 saturated carbocycles. The lowest BCUT2D eigenvalue weighted by molar-refractivity contribution is 0.628. The quantitative estimate of drug-likeness (QED) is 0.668. The Hall–Kier alpha value is -1.34. The molecule has 2 aromatic rings. The van der Waals surface area contributed by atoms with Crippen LogP contribution in [0.1, 0.15) is 0 Å². The summed E-state index contributed by atoms with van der Waals surface area (Å²) < 4.78 is 13.3. The van der Waals surface area contributed by atoms with Crippen LogP contribution in [-0.2, 0) is 0 Å². The highest BCUT2D eigenvalue weighted by molar-refractivity contribution is 8.14. The summed E-state index contributed by atoms with van der Waals surface area (Å²) in [7, 11) is 0. The fraction of sp³-hybridized carbons (Fsp3) is 0.125. The molecule has 1 saturated heterocycles. The summed E-state index contributed by atoms with van der Waals surface area (Å²) in [6.45, 7) is 0.701. The molecule has 0 spiro atoms. The third kappa shape index (κ3) is 4.00. The fourth-order valence-corrected chi connectivity index (χ4v) is 3.92. The molecule has 8 heteroatoms. The number of halogens is 3. The van der Waals surface area contributed by atoms with Gasteiger partial charge in [-0.25, -0.2) is 9.38 Å². The van der Waals surface area contributed by atoms with Gasteiger partial charge in [0.1, 0.15) is 11.5 Å². The minimum absolute atomic E-state index is 0.324. The molecule has 3 rings (SSSR count). The molecule has 0 atom stereocenters. The number of amidine groups is 1. The summed E-state index contributed by atoms with van der Waals surface area (Å²) in [6.07, 6.45) is 0. The summed E-state index contributed by atoms with van der Waals surface area (Å²) in [6, 6.07) is 11.4. The van der Waals surface area contributed by atoms with Crippen molar-refractivity contribution >= 4 is 68.8 Å². The molecule has 1 N–H and O–H groups in total. The van der Waals surface area contributed by atoms with Gasteiger partial charge in [0.25, 0.3) is 0 Å². The fourth-order valence-electron chi connectivity index (χ4n) is 2.13. The van der Waals surface area contributed by atoms with Crippen LogP contribution in [0.5, 0.6) is 0 Å². The number of thiocarbonyl (C=S) groups is 1. The van der Waals surface area contributed by atoms with E-state index in [-0.39, 0.29) is 5.82 Å². The number of para-hydroxylation sites is 1. The molecule has 0 bridgehead atoms. The number of thioether (sulfide) groups is 1. The van der Waals surface area contributed by atoms with Crippen LogP contribution in [-0.4, -0.2) is 27.5 Å². The van der Waals surface area contributed by atoms with Gasteiger partial charge in [-0.1, -0.05) is 47.1 Å². The largest absolute Gasteiger partial charge is 0.332 e. The molecule has 1 aliphatic rings. The SMILES string of the molecule is Fc1cccc(NC(=S)N2CCSC2=Nc2c(Cl)cccc2Cl)c1. The number of nitrogens with one attached hydrogen (secondary N) is 1. The van der Waals surface area contributed by atoms with Gasteiger partial charge in [0, 0.05) is 18.0 Å². The van der Waals surface area contributed by atoms with Crippen LogP contribution in [0.2, 0.25) is 10.0 Å². The van der Waals surface area contributed by atoms with E-state index in [1.54, 1.807) is 42.1 Å². The third-order valence-electron chi connectivity index (χ3n) is 3.24. The molecule has 0 aliphatic carbocycles. The first kappa shape index (κ1) is 17.5. The van der Waals surface area contributed by atoms with Gasteiger partial charge in [-0.3, -0.25) is 4.90 Å². The molecule has 1 heterocycles. The van der Waals surface area contributed by atoms with Crippen molar-refractivity contribution in [1.82, 2.24) is 4.90 Å². The summed E-state index contributed by atoms with van der Waals surface area (Å²) in [4.78, 5) is 6.41. The number of aliphatic imine (C=N–C) groups is 1. The van der Waals surface area contributed by atoms with Gasteiger partial charge >= 0.3 is 0 Å². The van der Waals surface area contributed by atoms with Crippen LogP contribution in [0, 0.1) is 5.82 Å². The predicted molar refractivity (Wildman–Crippen MR) is 105 cm³/mol. The number of rotatable bonds is 2. The number of hydrogen-bond acceptors (Lipinski definition) is 3. The lowest BCUT2D eigenvalue weighted by atomic mass is 10.3. The number of benzene rings is 2. The van der Waals surface area contributed by atoms with Crippen LogP contribution >= 0.6 is 47.2 Å². The Labute approximate surface area is 158 Å². The Kier molecular flexibility index (Phi) is 5.61. The summed E-state index contributed by atoms with van der Waals surface area (Å²) in [5.74, 6) is 0.515. The normalized spacial score (nSPS) is 15.8. The molecule has 3 nitrogen and oxygen atoms in total. The summed E-state index contributed by atoms with van der Waals surface area (Å²) in [5, 5.41) is 5.14. The molecule has 0 unspecified atom stereocenters. The van der Waals surface area contributed by atoms with Gasteiger partial charge < -0.3 is 5.32 Å². The minimum Gasteiger partial charge on any atom is -0.332 e. The first-order valence-electron chi connectivity index (χ1n) is 7.04. The molecule has 2 aromatic carbocycles. The number of hydrogen-bond donors (Lipinski definition) is 1. The Balaban J connectivity index is 1.82. The van der Waals surface area contributed by atoms with E-state index in [0.29, 0.717) is 38.2 Å². The average Bonchev–Trinajstić information content (AvgIpc) is 2.99. The highest BCUT2D eigenvalue weighted by Crippen LogP contribution is 2.35. The first-order valence-corrected chi connectivity index (χ1v) is 9.19. The van der Waals surface area contributed by atoms with E-state index in [9.17, 15) is 4.39 Å². The smallest absolute Gasteiger partial charge is 0.179 e. The zero-order chi connectivity index (χ0) is 17.1. The van der Waals surface area contributed by atoms with Crippen molar-refractivity contribution in [1.29, 1.82) is 0 Å². The summed E-state index contributed by atoms with van der Waals surface area (Å²) in [5.41, 5.74) is 1.11. The van der Waals surface area contributed by atoms with Gasteiger partial charge in [0.15, 0.2) is 10.3 Å². The molecular formula is C16H12Cl2FN3S2. The van der Waals surface area contributed by atoms with Crippen molar-refractivity contribution in [3.63, 3.8) is 0 Å². The Morgan fingerprint density at radius 1 is 1.21 bits per heavy atom. The van der Waals surface area contributed by atoms with Gasteiger partial charge in [-0.05, 0) is 42.5 Å². The average molecular weight is 400 g/mol. The standard InChI is InChI=1S/C16H12Cl2FN3S2/c17-12-5-2-6-13(18)14(12)21-16-22(7-8-24-16)15(23)20-11-4-1-3-10(19)9-11/h1-6,9H,7-8H2,(H,20,23). The molecule has 24 heavy (non-hydrogen) atoms. The molecule has 1 fully saturated rings. The maximum atomic E-state index is 13.3. The van der Waals surface area contributed by atoms with E-state index in [1.165, 1.54) is 12.1 Å². The zero-order valence-electron chi connectivity index (χ0n) is 12.3. The first-order chi connectivity index (χ1) is 11.5. The van der Waals surface area contributed by atoms with E-state index in [0.717, 1.165) is 5.75 Å². The van der Waals surface area contributed by atoms with Crippen molar-refractivity contribution in [3.8, 4) is 0 Å². The van der Waals surface area contributed by atoms with Crippen LogP contribution < -0.4 is 5.32 Å². The number of nitrogens with zero attached hydrogens (tertiary/aromatic N) is 2. The van der Waals surface area contributed by atoms with Crippen molar-refractivity contribution in [2.24, 2.45) is 4.99 Å². The Morgan fingerprint density at radius 3 is 2.62 bits per heavy atom. The maximum absolute atomic E-state index is 13.3. The van der Waals surface area contributed by atoms with Crippen molar-refractivity contribution < 1.29 is 4.39 Å². The second kappa shape index (κ2) is 7.70. The third-order valence-corrected chi connectivity index (χ3v) is 5.13. The second-order valence-corrected chi connectivity index (χ2v) is 7.17. The highest BCUT2D eigenvalue weighted by atomic mass is 35.5. The lowest BCUT2D eigenvalue weighted by Crippen LogP contribution is -2.35. The van der Waals surface area contributed by atoms with Crippen LogP contribution in [0.4, 0.5) is 15.8 Å². The summed E-state index contributed by atoms with van der Waals surface area (Å²) >= 11 is 19.3. The van der Waals surface area contributed by atoms with E-state index in [2.05, 4.69) is 10.3 Å². The van der Waals surface area contributed by atoms with Crippen molar-refractivity contribution in [2.75, 3.05) is 17.6 Å². The Morgan fingerprint density at radius 2 is 1.92 bits per heavy atom.